The number of nitrogens with zero attached hydrogens (tertiary/aromatic N) is 1. The molecule has 3 aromatic rings. The Morgan fingerprint density at radius 2 is 1.86 bits per heavy atom. The van der Waals surface area contributed by atoms with Gasteiger partial charge in [0.15, 0.2) is 17.3 Å². The van der Waals surface area contributed by atoms with Crippen LogP contribution in [0.3, 0.4) is 0 Å². The smallest absolute Gasteiger partial charge is 0.291 e. The predicted octanol–water partition coefficient (Wildman–Crippen LogP) is 3.75. The van der Waals surface area contributed by atoms with Gasteiger partial charge in [-0.2, -0.15) is 0 Å². The summed E-state index contributed by atoms with van der Waals surface area (Å²) < 4.78 is 21.7. The quantitative estimate of drug-likeness (QED) is 0.510. The number of furan rings is 1. The molecule has 0 saturated heterocycles. The first-order valence-electron chi connectivity index (χ1n) is 8.25. The van der Waals surface area contributed by atoms with E-state index in [1.165, 1.54) is 30.3 Å². The number of carbonyl (C=O) groups excluding carboxylic acids is 1. The Morgan fingerprint density at radius 1 is 1.07 bits per heavy atom. The Balaban J connectivity index is 1.35. The maximum atomic E-state index is 12.2. The van der Waals surface area contributed by atoms with Crippen molar-refractivity contribution < 1.29 is 28.3 Å². The molecule has 2 heterocycles. The van der Waals surface area contributed by atoms with Crippen molar-refractivity contribution in [3.8, 4) is 17.2 Å². The Labute approximate surface area is 158 Å². The van der Waals surface area contributed by atoms with E-state index in [2.05, 4.69) is 5.32 Å². The number of hydrogen-bond donors (Lipinski definition) is 1. The average Bonchev–Trinajstić information content (AvgIpc) is 3.35. The summed E-state index contributed by atoms with van der Waals surface area (Å²) in [5, 5.41) is 13.3. The van der Waals surface area contributed by atoms with Crippen LogP contribution in [0, 0.1) is 10.1 Å². The van der Waals surface area contributed by atoms with Crippen molar-refractivity contribution >= 4 is 17.3 Å². The highest BCUT2D eigenvalue weighted by Gasteiger charge is 2.15. The summed E-state index contributed by atoms with van der Waals surface area (Å²) in [5.41, 5.74) is 0.365. The van der Waals surface area contributed by atoms with Gasteiger partial charge in [0.2, 0.25) is 6.79 Å². The van der Waals surface area contributed by atoms with E-state index < -0.39 is 10.8 Å². The number of nitro groups is 1. The summed E-state index contributed by atoms with van der Waals surface area (Å²) in [7, 11) is 0. The number of ether oxygens (including phenoxy) is 3. The van der Waals surface area contributed by atoms with Crippen molar-refractivity contribution in [3.05, 3.63) is 76.2 Å². The third-order valence-corrected chi connectivity index (χ3v) is 3.95. The zero-order valence-corrected chi connectivity index (χ0v) is 14.4. The Kier molecular flexibility index (Phi) is 4.55. The number of fused-ring (bicyclic) bond motifs is 1. The van der Waals surface area contributed by atoms with E-state index >= 15 is 0 Å². The van der Waals surface area contributed by atoms with Crippen LogP contribution >= 0.6 is 0 Å². The van der Waals surface area contributed by atoms with Crippen LogP contribution in [-0.2, 0) is 6.61 Å². The van der Waals surface area contributed by atoms with E-state index in [4.69, 9.17) is 18.6 Å². The molecule has 1 amide bonds. The fourth-order valence-corrected chi connectivity index (χ4v) is 2.56. The van der Waals surface area contributed by atoms with Crippen molar-refractivity contribution in [3.63, 3.8) is 0 Å². The standard InChI is InChI=1S/C19H14N2O7/c22-19(20-12-1-3-13(4-2-12)21(23)24)17-8-6-15(28-17)10-25-14-5-7-16-18(9-14)27-11-26-16/h1-9H,10-11H2,(H,20,22). The molecule has 0 bridgehead atoms. The molecule has 0 radical (unpaired) electrons. The summed E-state index contributed by atoms with van der Waals surface area (Å²) in [6, 6.07) is 13.9. The number of carbonyl (C=O) groups is 1. The molecule has 0 saturated carbocycles. The minimum Gasteiger partial charge on any atom is -0.486 e. The Bertz CT molecular complexity index is 1030. The second-order valence-electron chi connectivity index (χ2n) is 5.83. The molecule has 28 heavy (non-hydrogen) atoms. The molecule has 9 nitrogen and oxygen atoms in total. The second-order valence-corrected chi connectivity index (χ2v) is 5.83. The lowest BCUT2D eigenvalue weighted by molar-refractivity contribution is -0.384. The topological polar surface area (TPSA) is 113 Å². The van der Waals surface area contributed by atoms with Crippen LogP contribution in [0.4, 0.5) is 11.4 Å². The summed E-state index contributed by atoms with van der Waals surface area (Å²) >= 11 is 0. The minimum absolute atomic E-state index is 0.0565. The molecule has 0 aliphatic carbocycles. The molecule has 1 aliphatic heterocycles. The molecule has 4 rings (SSSR count). The van der Waals surface area contributed by atoms with Crippen molar-refractivity contribution in [2.24, 2.45) is 0 Å². The largest absolute Gasteiger partial charge is 0.486 e. The van der Waals surface area contributed by atoms with E-state index in [0.29, 0.717) is 28.7 Å². The lowest BCUT2D eigenvalue weighted by Gasteiger charge is -2.05. The van der Waals surface area contributed by atoms with Gasteiger partial charge in [-0.05, 0) is 36.4 Å². The summed E-state index contributed by atoms with van der Waals surface area (Å²) in [6.45, 7) is 0.314. The molecule has 9 heteroatoms. The van der Waals surface area contributed by atoms with Gasteiger partial charge in [0.25, 0.3) is 11.6 Å². The van der Waals surface area contributed by atoms with Crippen LogP contribution in [0.5, 0.6) is 17.2 Å². The fraction of sp³-hybridized carbons (Fsp3) is 0.105. The number of hydrogen-bond acceptors (Lipinski definition) is 7. The van der Waals surface area contributed by atoms with Gasteiger partial charge in [-0.1, -0.05) is 0 Å². The molecule has 0 spiro atoms. The average molecular weight is 382 g/mol. The summed E-state index contributed by atoms with van der Waals surface area (Å²) in [6.07, 6.45) is 0. The highest BCUT2D eigenvalue weighted by molar-refractivity contribution is 6.02. The molecule has 1 aliphatic rings. The molecule has 0 unspecified atom stereocenters. The van der Waals surface area contributed by atoms with Gasteiger partial charge in [0, 0.05) is 23.9 Å². The van der Waals surface area contributed by atoms with Crippen molar-refractivity contribution in [2.75, 3.05) is 12.1 Å². The number of non-ortho nitro benzene ring substituents is 1. The van der Waals surface area contributed by atoms with Crippen molar-refractivity contribution in [1.29, 1.82) is 0 Å². The maximum absolute atomic E-state index is 12.2. The molecule has 1 N–H and O–H groups in total. The zero-order chi connectivity index (χ0) is 19.5. The second kappa shape index (κ2) is 7.31. The van der Waals surface area contributed by atoms with E-state index in [9.17, 15) is 14.9 Å². The molecule has 142 valence electrons. The van der Waals surface area contributed by atoms with Crippen LogP contribution in [0.25, 0.3) is 0 Å². The van der Waals surface area contributed by atoms with Crippen LogP contribution in [0.2, 0.25) is 0 Å². The monoisotopic (exact) mass is 382 g/mol. The van der Waals surface area contributed by atoms with Gasteiger partial charge in [0.05, 0.1) is 4.92 Å². The highest BCUT2D eigenvalue weighted by Crippen LogP contribution is 2.35. The zero-order valence-electron chi connectivity index (χ0n) is 14.4. The normalized spacial score (nSPS) is 11.9. The predicted molar refractivity (Wildman–Crippen MR) is 96.7 cm³/mol. The minimum atomic E-state index is -0.509. The SMILES string of the molecule is O=C(Nc1ccc([N+](=O)[O-])cc1)c1ccc(COc2ccc3c(c2)OCO3)o1. The first kappa shape index (κ1) is 17.4. The maximum Gasteiger partial charge on any atom is 0.291 e. The summed E-state index contributed by atoms with van der Waals surface area (Å²) in [4.78, 5) is 22.4. The van der Waals surface area contributed by atoms with Crippen LogP contribution < -0.4 is 19.5 Å². The molecular weight excluding hydrogens is 368 g/mol. The number of anilines is 1. The van der Waals surface area contributed by atoms with E-state index in [1.807, 2.05) is 0 Å². The van der Waals surface area contributed by atoms with E-state index in [0.717, 1.165) is 0 Å². The van der Waals surface area contributed by atoms with Gasteiger partial charge in [0.1, 0.15) is 18.1 Å². The Morgan fingerprint density at radius 3 is 2.64 bits per heavy atom. The molecule has 1 aromatic heterocycles. The van der Waals surface area contributed by atoms with Gasteiger partial charge in [-0.25, -0.2) is 0 Å². The summed E-state index contributed by atoms with van der Waals surface area (Å²) in [5.74, 6) is 1.95. The number of nitro benzene ring substituents is 1. The Hall–Kier alpha value is -4.01. The van der Waals surface area contributed by atoms with Crippen LogP contribution in [0.15, 0.2) is 59.0 Å². The van der Waals surface area contributed by atoms with Crippen LogP contribution in [0.1, 0.15) is 16.3 Å². The van der Waals surface area contributed by atoms with Gasteiger partial charge < -0.3 is 23.9 Å². The van der Waals surface area contributed by atoms with Gasteiger partial charge in [-0.15, -0.1) is 0 Å². The molecule has 0 atom stereocenters. The molecule has 0 fully saturated rings. The third kappa shape index (κ3) is 3.73. The van der Waals surface area contributed by atoms with E-state index in [1.54, 1.807) is 24.3 Å². The first-order chi connectivity index (χ1) is 13.6. The number of amides is 1. The van der Waals surface area contributed by atoms with Crippen molar-refractivity contribution in [2.45, 2.75) is 6.61 Å². The molecular formula is C19H14N2O7. The first-order valence-corrected chi connectivity index (χ1v) is 8.25. The lowest BCUT2D eigenvalue weighted by Crippen LogP contribution is -2.10. The van der Waals surface area contributed by atoms with Gasteiger partial charge >= 0.3 is 0 Å². The van der Waals surface area contributed by atoms with E-state index in [-0.39, 0.29) is 24.8 Å². The fourth-order valence-electron chi connectivity index (χ4n) is 2.56. The lowest BCUT2D eigenvalue weighted by atomic mass is 10.3. The number of benzene rings is 2. The van der Waals surface area contributed by atoms with Crippen LogP contribution in [-0.4, -0.2) is 17.6 Å². The van der Waals surface area contributed by atoms with Crippen molar-refractivity contribution in [1.82, 2.24) is 0 Å². The van der Waals surface area contributed by atoms with Gasteiger partial charge in [-0.3, -0.25) is 14.9 Å². The highest BCUT2D eigenvalue weighted by atomic mass is 16.7. The number of rotatable bonds is 6. The number of nitrogens with one attached hydrogen (secondary N) is 1. The third-order valence-electron chi connectivity index (χ3n) is 3.95. The molecule has 2 aromatic carbocycles.